The van der Waals surface area contributed by atoms with E-state index < -0.39 is 0 Å². The summed E-state index contributed by atoms with van der Waals surface area (Å²) < 4.78 is 14.1. The van der Waals surface area contributed by atoms with Gasteiger partial charge in [0.15, 0.2) is 0 Å². The summed E-state index contributed by atoms with van der Waals surface area (Å²) in [6.45, 7) is 10.2. The number of aryl methyl sites for hydroxylation is 2. The fourth-order valence-corrected chi connectivity index (χ4v) is 2.67. The largest absolute Gasteiger partial charge is 0.323 e. The summed E-state index contributed by atoms with van der Waals surface area (Å²) in [7, 11) is 0. The van der Waals surface area contributed by atoms with Crippen LogP contribution in [0, 0.1) is 19.7 Å². The molecule has 0 bridgehead atoms. The van der Waals surface area contributed by atoms with Gasteiger partial charge in [0.25, 0.3) is 0 Å². The van der Waals surface area contributed by atoms with Crippen LogP contribution >= 0.6 is 11.8 Å². The molecule has 0 aliphatic heterocycles. The molecule has 1 aromatic rings. The zero-order valence-electron chi connectivity index (χ0n) is 11.3. The van der Waals surface area contributed by atoms with Crippen molar-refractivity contribution >= 4 is 11.8 Å². The van der Waals surface area contributed by atoms with Crippen molar-refractivity contribution < 1.29 is 4.39 Å². The summed E-state index contributed by atoms with van der Waals surface area (Å²) >= 11 is 1.77. The molecule has 0 aliphatic rings. The lowest BCUT2D eigenvalue weighted by molar-refractivity contribution is 0.591. The number of thioether (sulfide) groups is 1. The summed E-state index contributed by atoms with van der Waals surface area (Å²) in [5, 5.41) is 0. The second kappa shape index (κ2) is 5.40. The van der Waals surface area contributed by atoms with Crippen molar-refractivity contribution in [1.29, 1.82) is 0 Å². The molecule has 1 aromatic carbocycles. The summed E-state index contributed by atoms with van der Waals surface area (Å²) in [6, 6.07) is 3.31. The van der Waals surface area contributed by atoms with E-state index in [2.05, 4.69) is 20.8 Å². The molecule has 0 saturated carbocycles. The fourth-order valence-electron chi connectivity index (χ4n) is 1.82. The Kier molecular flexibility index (Phi) is 4.62. The summed E-state index contributed by atoms with van der Waals surface area (Å²) in [4.78, 5) is 0. The molecule has 0 heterocycles. The van der Waals surface area contributed by atoms with Gasteiger partial charge in [0.05, 0.1) is 0 Å². The maximum atomic E-state index is 13.9. The minimum Gasteiger partial charge on any atom is -0.323 e. The SMILES string of the molecule is Cc1cc(C)c(C(N)CSC(C)(C)C)c(F)c1. The van der Waals surface area contributed by atoms with E-state index in [1.807, 2.05) is 19.9 Å². The summed E-state index contributed by atoms with van der Waals surface area (Å²) in [5.41, 5.74) is 8.65. The minimum absolute atomic E-state index is 0.159. The third-order valence-electron chi connectivity index (χ3n) is 2.55. The molecule has 0 saturated heterocycles. The second-order valence-corrected chi connectivity index (χ2v) is 7.35. The third kappa shape index (κ3) is 4.32. The van der Waals surface area contributed by atoms with Gasteiger partial charge in [-0.2, -0.15) is 11.8 Å². The molecule has 1 nitrogen and oxygen atoms in total. The molecule has 3 heteroatoms. The van der Waals surface area contributed by atoms with Gasteiger partial charge in [-0.3, -0.25) is 0 Å². The molecule has 0 amide bonds. The van der Waals surface area contributed by atoms with Crippen molar-refractivity contribution in [1.82, 2.24) is 0 Å². The van der Waals surface area contributed by atoms with E-state index in [1.165, 1.54) is 0 Å². The Bertz CT molecular complexity index is 373. The van der Waals surface area contributed by atoms with E-state index in [-0.39, 0.29) is 16.6 Å². The maximum Gasteiger partial charge on any atom is 0.128 e. The van der Waals surface area contributed by atoms with Crippen molar-refractivity contribution in [2.24, 2.45) is 5.73 Å². The summed E-state index contributed by atoms with van der Waals surface area (Å²) in [5.74, 6) is 0.564. The van der Waals surface area contributed by atoms with Gasteiger partial charge in [-0.25, -0.2) is 4.39 Å². The van der Waals surface area contributed by atoms with Gasteiger partial charge >= 0.3 is 0 Å². The predicted octanol–water partition coefficient (Wildman–Crippen LogP) is 3.97. The predicted molar refractivity (Wildman–Crippen MR) is 75.0 cm³/mol. The fraction of sp³-hybridized carbons (Fsp3) is 0.571. The molecule has 0 spiro atoms. The molecule has 96 valence electrons. The van der Waals surface area contributed by atoms with E-state index in [0.29, 0.717) is 5.56 Å². The van der Waals surface area contributed by atoms with E-state index in [4.69, 9.17) is 5.73 Å². The molecule has 0 radical (unpaired) electrons. The Morgan fingerprint density at radius 1 is 1.29 bits per heavy atom. The monoisotopic (exact) mass is 255 g/mol. The molecule has 17 heavy (non-hydrogen) atoms. The Balaban J connectivity index is 2.86. The van der Waals surface area contributed by atoms with Crippen molar-refractivity contribution in [3.05, 3.63) is 34.6 Å². The number of hydrogen-bond donors (Lipinski definition) is 1. The zero-order chi connectivity index (χ0) is 13.2. The van der Waals surface area contributed by atoms with Gasteiger partial charge in [0.2, 0.25) is 0 Å². The number of hydrogen-bond acceptors (Lipinski definition) is 2. The topological polar surface area (TPSA) is 26.0 Å². The normalized spacial score (nSPS) is 13.8. The van der Waals surface area contributed by atoms with Crippen LogP contribution in [-0.4, -0.2) is 10.5 Å². The van der Waals surface area contributed by atoms with Crippen molar-refractivity contribution in [3.8, 4) is 0 Å². The first-order valence-electron chi connectivity index (χ1n) is 5.87. The third-order valence-corrected chi connectivity index (χ3v) is 3.94. The van der Waals surface area contributed by atoms with Gasteiger partial charge in [-0.05, 0) is 31.0 Å². The Morgan fingerprint density at radius 2 is 1.88 bits per heavy atom. The second-order valence-electron chi connectivity index (χ2n) is 5.51. The lowest BCUT2D eigenvalue weighted by Crippen LogP contribution is -2.20. The molecule has 0 fully saturated rings. The van der Waals surface area contributed by atoms with Crippen LogP contribution in [0.5, 0.6) is 0 Å². The van der Waals surface area contributed by atoms with Crippen LogP contribution in [0.2, 0.25) is 0 Å². The van der Waals surface area contributed by atoms with Crippen LogP contribution in [0.3, 0.4) is 0 Å². The number of benzene rings is 1. The molecule has 0 aliphatic carbocycles. The first-order valence-corrected chi connectivity index (χ1v) is 6.85. The number of rotatable bonds is 3. The first-order chi connectivity index (χ1) is 7.70. The van der Waals surface area contributed by atoms with Gasteiger partial charge in [-0.15, -0.1) is 0 Å². The maximum absolute atomic E-state index is 13.9. The van der Waals surface area contributed by atoms with Crippen molar-refractivity contribution in [3.63, 3.8) is 0 Å². The van der Waals surface area contributed by atoms with Crippen LogP contribution in [0.25, 0.3) is 0 Å². The smallest absolute Gasteiger partial charge is 0.128 e. The first kappa shape index (κ1) is 14.5. The van der Waals surface area contributed by atoms with Gasteiger partial charge in [0, 0.05) is 22.1 Å². The Labute approximate surface area is 108 Å². The molecular formula is C14H22FNS. The highest BCUT2D eigenvalue weighted by molar-refractivity contribution is 8.00. The lowest BCUT2D eigenvalue weighted by atomic mass is 10.00. The molecule has 2 N–H and O–H groups in total. The molecule has 1 rings (SSSR count). The Morgan fingerprint density at radius 3 is 2.35 bits per heavy atom. The number of nitrogens with two attached hydrogens (primary N) is 1. The van der Waals surface area contributed by atoms with E-state index in [9.17, 15) is 4.39 Å². The zero-order valence-corrected chi connectivity index (χ0v) is 12.1. The van der Waals surface area contributed by atoms with Gasteiger partial charge < -0.3 is 5.73 Å². The highest BCUT2D eigenvalue weighted by Crippen LogP contribution is 2.29. The van der Waals surface area contributed by atoms with Crippen LogP contribution < -0.4 is 5.73 Å². The molecule has 1 atom stereocenters. The molecular weight excluding hydrogens is 233 g/mol. The van der Waals surface area contributed by atoms with Gasteiger partial charge in [-0.1, -0.05) is 26.8 Å². The van der Waals surface area contributed by atoms with E-state index in [0.717, 1.165) is 16.9 Å². The quantitative estimate of drug-likeness (QED) is 0.884. The molecule has 0 aromatic heterocycles. The van der Waals surface area contributed by atoms with Crippen LogP contribution in [0.1, 0.15) is 43.5 Å². The van der Waals surface area contributed by atoms with Crippen LogP contribution in [0.4, 0.5) is 4.39 Å². The van der Waals surface area contributed by atoms with Crippen LogP contribution in [0.15, 0.2) is 12.1 Å². The van der Waals surface area contributed by atoms with Crippen LogP contribution in [-0.2, 0) is 0 Å². The molecule has 1 unspecified atom stereocenters. The lowest BCUT2D eigenvalue weighted by Gasteiger charge is -2.22. The van der Waals surface area contributed by atoms with Crippen molar-refractivity contribution in [2.75, 3.05) is 5.75 Å². The van der Waals surface area contributed by atoms with Crippen molar-refractivity contribution in [2.45, 2.75) is 45.4 Å². The van der Waals surface area contributed by atoms with E-state index in [1.54, 1.807) is 17.8 Å². The average molecular weight is 255 g/mol. The standard InChI is InChI=1S/C14H22FNS/c1-9-6-10(2)13(11(15)7-9)12(16)8-17-14(3,4)5/h6-7,12H,8,16H2,1-5H3. The number of halogens is 1. The Hall–Kier alpha value is -0.540. The van der Waals surface area contributed by atoms with Gasteiger partial charge in [0.1, 0.15) is 5.82 Å². The minimum atomic E-state index is -0.236. The highest BCUT2D eigenvalue weighted by atomic mass is 32.2. The van der Waals surface area contributed by atoms with E-state index >= 15 is 0 Å². The summed E-state index contributed by atoms with van der Waals surface area (Å²) in [6.07, 6.45) is 0. The highest BCUT2D eigenvalue weighted by Gasteiger charge is 2.18. The average Bonchev–Trinajstić information content (AvgIpc) is 2.11.